The lowest BCUT2D eigenvalue weighted by Crippen LogP contribution is -2.22. The van der Waals surface area contributed by atoms with Gasteiger partial charge in [-0.3, -0.25) is 4.79 Å². The lowest BCUT2D eigenvalue weighted by molar-refractivity contribution is -0.116. The Hall–Kier alpha value is -1.06. The van der Waals surface area contributed by atoms with Crippen molar-refractivity contribution in [3.05, 3.63) is 28.3 Å². The summed E-state index contributed by atoms with van der Waals surface area (Å²) in [6.45, 7) is 3.87. The highest BCUT2D eigenvalue weighted by molar-refractivity contribution is 6.31. The van der Waals surface area contributed by atoms with E-state index in [1.54, 1.807) is 6.07 Å². The number of hydrogen-bond donors (Lipinski definition) is 2. The van der Waals surface area contributed by atoms with E-state index < -0.39 is 6.10 Å². The number of halogens is 1. The molecule has 1 aromatic rings. The maximum atomic E-state index is 11.4. The maximum Gasteiger partial charge on any atom is 0.224 e. The molecular formula is C13H16ClNO2. The molecule has 1 aromatic carbocycles. The van der Waals surface area contributed by atoms with Crippen LogP contribution >= 0.6 is 11.6 Å². The van der Waals surface area contributed by atoms with Crippen molar-refractivity contribution in [1.29, 1.82) is 0 Å². The Bertz CT molecular complexity index is 457. The standard InChI is InChI=1S/C13H16ClNO2/c1-7(2)13(17)10-6-9(14)5-8-3-4-11(16)15-12(8)10/h5-7,13,17H,3-4H2,1-2H3,(H,15,16). The topological polar surface area (TPSA) is 49.3 Å². The van der Waals surface area contributed by atoms with E-state index in [1.165, 1.54) is 0 Å². The molecular weight excluding hydrogens is 238 g/mol. The first-order valence-electron chi connectivity index (χ1n) is 5.79. The minimum Gasteiger partial charge on any atom is -0.388 e. The molecule has 1 heterocycles. The van der Waals surface area contributed by atoms with E-state index in [0.717, 1.165) is 16.8 Å². The quantitative estimate of drug-likeness (QED) is 0.852. The molecule has 0 fully saturated rings. The van der Waals surface area contributed by atoms with Crippen LogP contribution in [0.3, 0.4) is 0 Å². The zero-order valence-corrected chi connectivity index (χ0v) is 10.7. The number of fused-ring (bicyclic) bond motifs is 1. The lowest BCUT2D eigenvalue weighted by Gasteiger charge is -2.24. The second-order valence-corrected chi connectivity index (χ2v) is 5.20. The van der Waals surface area contributed by atoms with Crippen LogP contribution in [0.25, 0.3) is 0 Å². The predicted molar refractivity (Wildman–Crippen MR) is 68.2 cm³/mol. The van der Waals surface area contributed by atoms with Crippen LogP contribution in [0.1, 0.15) is 37.5 Å². The minimum atomic E-state index is -0.610. The van der Waals surface area contributed by atoms with Crippen LogP contribution < -0.4 is 5.32 Å². The Labute approximate surface area is 106 Å². The molecule has 1 unspecified atom stereocenters. The molecule has 92 valence electrons. The normalized spacial score (nSPS) is 16.6. The number of aryl methyl sites for hydroxylation is 1. The SMILES string of the molecule is CC(C)C(O)c1cc(Cl)cc2c1NC(=O)CC2. The molecule has 2 rings (SSSR count). The Morgan fingerprint density at radius 2 is 2.06 bits per heavy atom. The molecule has 0 aliphatic carbocycles. The molecule has 17 heavy (non-hydrogen) atoms. The summed E-state index contributed by atoms with van der Waals surface area (Å²) in [6, 6.07) is 3.59. The van der Waals surface area contributed by atoms with Crippen molar-refractivity contribution in [3.63, 3.8) is 0 Å². The highest BCUT2D eigenvalue weighted by atomic mass is 35.5. The molecule has 0 bridgehead atoms. The number of carbonyl (C=O) groups is 1. The van der Waals surface area contributed by atoms with Crippen molar-refractivity contribution < 1.29 is 9.90 Å². The van der Waals surface area contributed by atoms with E-state index in [-0.39, 0.29) is 11.8 Å². The van der Waals surface area contributed by atoms with Gasteiger partial charge in [-0.1, -0.05) is 25.4 Å². The average Bonchev–Trinajstić information content (AvgIpc) is 2.27. The smallest absolute Gasteiger partial charge is 0.224 e. The second kappa shape index (κ2) is 4.67. The van der Waals surface area contributed by atoms with E-state index in [0.29, 0.717) is 17.9 Å². The van der Waals surface area contributed by atoms with Crippen molar-refractivity contribution in [2.45, 2.75) is 32.8 Å². The Morgan fingerprint density at radius 1 is 1.35 bits per heavy atom. The number of amides is 1. The fourth-order valence-electron chi connectivity index (χ4n) is 2.08. The molecule has 0 aromatic heterocycles. The van der Waals surface area contributed by atoms with Crippen LogP contribution in [0.4, 0.5) is 5.69 Å². The summed E-state index contributed by atoms with van der Waals surface area (Å²) in [5.41, 5.74) is 2.47. The van der Waals surface area contributed by atoms with Crippen LogP contribution in [-0.4, -0.2) is 11.0 Å². The average molecular weight is 254 g/mol. The molecule has 0 saturated heterocycles. The van der Waals surface area contributed by atoms with Gasteiger partial charge in [0, 0.05) is 22.7 Å². The number of aliphatic hydroxyl groups excluding tert-OH is 1. The largest absolute Gasteiger partial charge is 0.388 e. The first-order valence-corrected chi connectivity index (χ1v) is 6.17. The van der Waals surface area contributed by atoms with Crippen LogP contribution in [-0.2, 0) is 11.2 Å². The van der Waals surface area contributed by atoms with Gasteiger partial charge in [-0.15, -0.1) is 0 Å². The highest BCUT2D eigenvalue weighted by Crippen LogP contribution is 2.36. The van der Waals surface area contributed by atoms with Gasteiger partial charge in [-0.25, -0.2) is 0 Å². The van der Waals surface area contributed by atoms with Crippen LogP contribution in [0, 0.1) is 5.92 Å². The maximum absolute atomic E-state index is 11.4. The van der Waals surface area contributed by atoms with Gasteiger partial charge >= 0.3 is 0 Å². The number of rotatable bonds is 2. The van der Waals surface area contributed by atoms with Crippen molar-refractivity contribution in [2.24, 2.45) is 5.92 Å². The van der Waals surface area contributed by atoms with Crippen LogP contribution in [0.15, 0.2) is 12.1 Å². The summed E-state index contributed by atoms with van der Waals surface area (Å²) < 4.78 is 0. The molecule has 0 saturated carbocycles. The van der Waals surface area contributed by atoms with E-state index in [9.17, 15) is 9.90 Å². The molecule has 0 spiro atoms. The first kappa shape index (κ1) is 12.4. The van der Waals surface area contributed by atoms with Gasteiger partial charge in [0.2, 0.25) is 5.91 Å². The molecule has 1 aliphatic heterocycles. The monoisotopic (exact) mass is 253 g/mol. The number of aliphatic hydroxyl groups is 1. The molecule has 2 N–H and O–H groups in total. The van der Waals surface area contributed by atoms with Crippen LogP contribution in [0.2, 0.25) is 5.02 Å². The second-order valence-electron chi connectivity index (χ2n) is 4.77. The highest BCUT2D eigenvalue weighted by Gasteiger charge is 2.23. The molecule has 4 heteroatoms. The summed E-state index contributed by atoms with van der Waals surface area (Å²) >= 11 is 6.04. The lowest BCUT2D eigenvalue weighted by atomic mass is 9.92. The molecule has 3 nitrogen and oxygen atoms in total. The zero-order valence-electron chi connectivity index (χ0n) is 9.96. The number of benzene rings is 1. The van der Waals surface area contributed by atoms with Gasteiger partial charge < -0.3 is 10.4 Å². The van der Waals surface area contributed by atoms with Crippen LogP contribution in [0.5, 0.6) is 0 Å². The van der Waals surface area contributed by atoms with Crippen molar-refractivity contribution in [2.75, 3.05) is 5.32 Å². The number of anilines is 1. The number of carbonyl (C=O) groups excluding carboxylic acids is 1. The molecule has 1 atom stereocenters. The van der Waals surface area contributed by atoms with E-state index in [4.69, 9.17) is 11.6 Å². The van der Waals surface area contributed by atoms with Gasteiger partial charge in [0.25, 0.3) is 0 Å². The Morgan fingerprint density at radius 3 is 2.71 bits per heavy atom. The molecule has 0 radical (unpaired) electrons. The van der Waals surface area contributed by atoms with Gasteiger partial charge in [-0.05, 0) is 30.0 Å². The molecule has 1 amide bonds. The van der Waals surface area contributed by atoms with Gasteiger partial charge in [0.1, 0.15) is 0 Å². The minimum absolute atomic E-state index is 0.00275. The fraction of sp³-hybridized carbons (Fsp3) is 0.462. The Balaban J connectivity index is 2.50. The van der Waals surface area contributed by atoms with Crippen molar-refractivity contribution in [3.8, 4) is 0 Å². The van der Waals surface area contributed by atoms with Crippen molar-refractivity contribution >= 4 is 23.2 Å². The van der Waals surface area contributed by atoms with E-state index in [2.05, 4.69) is 5.32 Å². The summed E-state index contributed by atoms with van der Waals surface area (Å²) in [4.78, 5) is 11.4. The van der Waals surface area contributed by atoms with E-state index >= 15 is 0 Å². The summed E-state index contributed by atoms with van der Waals surface area (Å²) in [7, 11) is 0. The van der Waals surface area contributed by atoms with Gasteiger partial charge in [0.05, 0.1) is 6.10 Å². The van der Waals surface area contributed by atoms with Gasteiger partial charge in [0.15, 0.2) is 0 Å². The summed E-state index contributed by atoms with van der Waals surface area (Å²) in [5.74, 6) is 0.0772. The third-order valence-corrected chi connectivity index (χ3v) is 3.27. The first-order chi connectivity index (χ1) is 7.99. The third-order valence-electron chi connectivity index (χ3n) is 3.05. The number of hydrogen-bond acceptors (Lipinski definition) is 2. The van der Waals surface area contributed by atoms with Crippen molar-refractivity contribution in [1.82, 2.24) is 0 Å². The summed E-state index contributed by atoms with van der Waals surface area (Å²) in [6.07, 6.45) is 0.547. The number of nitrogens with one attached hydrogen (secondary N) is 1. The fourth-order valence-corrected chi connectivity index (χ4v) is 2.33. The Kier molecular flexibility index (Phi) is 3.40. The summed E-state index contributed by atoms with van der Waals surface area (Å²) in [5, 5.41) is 13.6. The zero-order chi connectivity index (χ0) is 12.6. The predicted octanol–water partition coefficient (Wildman–Crippen LogP) is 2.91. The van der Waals surface area contributed by atoms with E-state index in [1.807, 2.05) is 19.9 Å². The molecule has 1 aliphatic rings. The third kappa shape index (κ3) is 2.45. The van der Waals surface area contributed by atoms with Gasteiger partial charge in [-0.2, -0.15) is 0 Å².